The van der Waals surface area contributed by atoms with Crippen molar-refractivity contribution < 1.29 is 9.31 Å². The Morgan fingerprint density at radius 1 is 0.861 bits per heavy atom. The summed E-state index contributed by atoms with van der Waals surface area (Å²) in [7, 11) is 2.10. The molecule has 0 radical (unpaired) electrons. The summed E-state index contributed by atoms with van der Waals surface area (Å²) in [6, 6.07) is 22.6. The van der Waals surface area contributed by atoms with Crippen LogP contribution < -0.4 is 0 Å². The summed E-state index contributed by atoms with van der Waals surface area (Å²) in [5.74, 6) is 1.60. The molecule has 0 spiro atoms. The highest BCUT2D eigenvalue weighted by Crippen LogP contribution is 2.40. The first-order valence-electron chi connectivity index (χ1n) is 11.6. The summed E-state index contributed by atoms with van der Waals surface area (Å²) in [6.45, 7) is 4.46. The zero-order chi connectivity index (χ0) is 25.4. The molecule has 0 unspecified atom stereocenters. The summed E-state index contributed by atoms with van der Waals surface area (Å²) in [4.78, 5) is 0. The topological polar surface area (TPSA) is 12.2 Å². The van der Waals surface area contributed by atoms with Crippen LogP contribution in [0.15, 0.2) is 112 Å². The van der Waals surface area contributed by atoms with Crippen molar-refractivity contribution in [3.05, 3.63) is 134 Å². The van der Waals surface area contributed by atoms with Gasteiger partial charge in [-0.05, 0) is 79.6 Å². The highest BCUT2D eigenvalue weighted by molar-refractivity contribution is 9.10. The normalized spacial score (nSPS) is 17.8. The average Bonchev–Trinajstić information content (AvgIpc) is 3.04. The third-order valence-electron chi connectivity index (χ3n) is 6.63. The molecule has 0 aromatic heterocycles. The molecule has 0 saturated heterocycles. The Hall–Kier alpha value is -2.66. The first-order chi connectivity index (χ1) is 17.2. The van der Waals surface area contributed by atoms with Gasteiger partial charge in [0.25, 0.3) is 0 Å². The first kappa shape index (κ1) is 25.0. The van der Waals surface area contributed by atoms with E-state index < -0.39 is 0 Å². The standard InChI is InChI=1S/C31H25Br2ClNO/c1-31(2)27-19-25(34)15-16-28(27)35(3)30(31)6-4-5-26-17-22(20-7-11-23(32)12-8-20)18-29(36-26)21-9-13-24(33)14-10-21/h4-19H,1-3H3/q+1. The smallest absolute Gasteiger partial charge is 0.209 e. The Balaban J connectivity index is 1.50. The minimum Gasteiger partial charge on any atom is -0.457 e. The molecule has 2 aliphatic heterocycles. The summed E-state index contributed by atoms with van der Waals surface area (Å²) in [5, 5.41) is 0.760. The molecular formula is C31H25Br2ClNO+. The Morgan fingerprint density at radius 3 is 2.17 bits per heavy atom. The second-order valence-corrected chi connectivity index (χ2v) is 11.7. The molecule has 180 valence electrons. The van der Waals surface area contributed by atoms with E-state index in [0.29, 0.717) is 0 Å². The fourth-order valence-electron chi connectivity index (χ4n) is 4.71. The lowest BCUT2D eigenvalue weighted by atomic mass is 9.81. The summed E-state index contributed by atoms with van der Waals surface area (Å²) in [6.07, 6.45) is 10.4. The molecule has 2 aliphatic rings. The van der Waals surface area contributed by atoms with Crippen molar-refractivity contribution in [3.63, 3.8) is 0 Å². The van der Waals surface area contributed by atoms with Crippen LogP contribution in [0.1, 0.15) is 30.5 Å². The van der Waals surface area contributed by atoms with E-state index in [9.17, 15) is 0 Å². The molecule has 0 aliphatic carbocycles. The number of ether oxygens (including phenoxy) is 1. The molecule has 0 N–H and O–H groups in total. The van der Waals surface area contributed by atoms with Gasteiger partial charge in [-0.15, -0.1) is 0 Å². The molecule has 0 fully saturated rings. The van der Waals surface area contributed by atoms with E-state index >= 15 is 0 Å². The Labute approximate surface area is 234 Å². The van der Waals surface area contributed by atoms with E-state index in [1.54, 1.807) is 0 Å². The fourth-order valence-corrected chi connectivity index (χ4v) is 5.41. The maximum atomic E-state index is 6.34. The predicted octanol–water partition coefficient (Wildman–Crippen LogP) is 9.47. The monoisotopic (exact) mass is 620 g/mol. The number of hydrogen-bond donors (Lipinski definition) is 0. The van der Waals surface area contributed by atoms with E-state index in [1.807, 2.05) is 24.3 Å². The molecule has 3 aromatic carbocycles. The van der Waals surface area contributed by atoms with Gasteiger partial charge in [0, 0.05) is 37.2 Å². The van der Waals surface area contributed by atoms with Crippen LogP contribution in [0.5, 0.6) is 0 Å². The largest absolute Gasteiger partial charge is 0.457 e. The minimum absolute atomic E-state index is 0.154. The number of allylic oxidation sites excluding steroid dienone is 6. The van der Waals surface area contributed by atoms with Crippen molar-refractivity contribution in [2.75, 3.05) is 7.05 Å². The van der Waals surface area contributed by atoms with Gasteiger partial charge in [0.15, 0.2) is 5.71 Å². The molecule has 0 bridgehead atoms. The summed E-state index contributed by atoms with van der Waals surface area (Å²) < 4.78 is 10.7. The second kappa shape index (κ2) is 10.0. The molecule has 0 atom stereocenters. The Bertz CT molecular complexity index is 1490. The molecule has 36 heavy (non-hydrogen) atoms. The maximum Gasteiger partial charge on any atom is 0.209 e. The van der Waals surface area contributed by atoms with Crippen molar-refractivity contribution in [1.29, 1.82) is 0 Å². The predicted molar refractivity (Wildman–Crippen MR) is 158 cm³/mol. The van der Waals surface area contributed by atoms with Crippen LogP contribution in [0.4, 0.5) is 5.69 Å². The number of halogens is 3. The maximum absolute atomic E-state index is 6.34. The van der Waals surface area contributed by atoms with E-state index in [2.05, 4.69) is 130 Å². The van der Waals surface area contributed by atoms with Crippen LogP contribution in [-0.2, 0) is 10.2 Å². The number of fused-ring (bicyclic) bond motifs is 1. The van der Waals surface area contributed by atoms with Gasteiger partial charge in [-0.25, -0.2) is 0 Å². The van der Waals surface area contributed by atoms with E-state index in [4.69, 9.17) is 16.3 Å². The third kappa shape index (κ3) is 4.95. The van der Waals surface area contributed by atoms with Gasteiger partial charge >= 0.3 is 0 Å². The molecule has 2 heterocycles. The molecule has 3 aromatic rings. The van der Waals surface area contributed by atoms with Crippen LogP contribution >= 0.6 is 43.5 Å². The van der Waals surface area contributed by atoms with E-state index in [0.717, 1.165) is 42.2 Å². The lowest BCUT2D eigenvalue weighted by Gasteiger charge is -2.18. The van der Waals surface area contributed by atoms with E-state index in [1.165, 1.54) is 17.0 Å². The number of benzene rings is 3. The zero-order valence-corrected chi connectivity index (χ0v) is 24.2. The van der Waals surface area contributed by atoms with Crippen molar-refractivity contribution in [2.45, 2.75) is 19.3 Å². The number of nitrogens with zero attached hydrogens (tertiary/aromatic N) is 1. The van der Waals surface area contributed by atoms with Crippen molar-refractivity contribution in [2.24, 2.45) is 0 Å². The number of rotatable bonds is 4. The highest BCUT2D eigenvalue weighted by Gasteiger charge is 2.42. The number of hydrogen-bond acceptors (Lipinski definition) is 1. The van der Waals surface area contributed by atoms with Crippen molar-refractivity contribution >= 4 is 66.2 Å². The SMILES string of the molecule is C[N+]1=C(C=CC=C2C=C(c3ccc(Br)cc3)C=C(c3ccc(Br)cc3)O2)C(C)(C)c2cc(Cl)ccc21. The fraction of sp³-hybridized carbons (Fsp3) is 0.129. The molecule has 0 saturated carbocycles. The molecule has 2 nitrogen and oxygen atoms in total. The Kier molecular flexibility index (Phi) is 6.95. The van der Waals surface area contributed by atoms with Gasteiger partial charge in [0.1, 0.15) is 18.6 Å². The van der Waals surface area contributed by atoms with Crippen molar-refractivity contribution in [1.82, 2.24) is 0 Å². The second-order valence-electron chi connectivity index (χ2n) is 9.38. The zero-order valence-electron chi connectivity index (χ0n) is 20.2. The van der Waals surface area contributed by atoms with Gasteiger partial charge < -0.3 is 4.74 Å². The summed E-state index contributed by atoms with van der Waals surface area (Å²) >= 11 is 13.4. The van der Waals surface area contributed by atoms with Crippen LogP contribution in [0.3, 0.4) is 0 Å². The minimum atomic E-state index is -0.154. The Morgan fingerprint density at radius 2 is 1.50 bits per heavy atom. The first-order valence-corrected chi connectivity index (χ1v) is 13.6. The molecule has 0 amide bonds. The van der Waals surface area contributed by atoms with Gasteiger partial charge in [-0.2, -0.15) is 4.58 Å². The summed E-state index contributed by atoms with van der Waals surface area (Å²) in [5.41, 5.74) is 6.71. The molecular weight excluding hydrogens is 598 g/mol. The van der Waals surface area contributed by atoms with Crippen LogP contribution in [0, 0.1) is 0 Å². The van der Waals surface area contributed by atoms with Crippen LogP contribution in [-0.4, -0.2) is 17.3 Å². The van der Waals surface area contributed by atoms with Gasteiger partial charge in [0.2, 0.25) is 5.69 Å². The average molecular weight is 623 g/mol. The van der Waals surface area contributed by atoms with Crippen LogP contribution in [0.25, 0.3) is 11.3 Å². The molecule has 5 rings (SSSR count). The van der Waals surface area contributed by atoms with E-state index in [-0.39, 0.29) is 5.41 Å². The van der Waals surface area contributed by atoms with Gasteiger partial charge in [0.05, 0.1) is 5.41 Å². The van der Waals surface area contributed by atoms with Crippen LogP contribution in [0.2, 0.25) is 5.02 Å². The lowest BCUT2D eigenvalue weighted by molar-refractivity contribution is -0.401. The van der Waals surface area contributed by atoms with Gasteiger partial charge in [-0.3, -0.25) is 0 Å². The van der Waals surface area contributed by atoms with Gasteiger partial charge in [-0.1, -0.05) is 73.8 Å². The third-order valence-corrected chi connectivity index (χ3v) is 7.92. The quantitative estimate of drug-likeness (QED) is 0.264. The highest BCUT2D eigenvalue weighted by atomic mass is 79.9. The lowest BCUT2D eigenvalue weighted by Crippen LogP contribution is -2.26. The molecule has 5 heteroatoms. The van der Waals surface area contributed by atoms with Crippen molar-refractivity contribution in [3.8, 4) is 0 Å².